The molecule has 0 aromatic heterocycles. The van der Waals surface area contributed by atoms with Crippen LogP contribution in [-0.2, 0) is 12.8 Å². The Labute approximate surface area is 128 Å². The van der Waals surface area contributed by atoms with Crippen molar-refractivity contribution in [3.8, 4) is 5.75 Å². The monoisotopic (exact) mass is 331 g/mol. The van der Waals surface area contributed by atoms with E-state index in [1.54, 1.807) is 30.3 Å². The fourth-order valence-corrected chi connectivity index (χ4v) is 2.14. The van der Waals surface area contributed by atoms with Gasteiger partial charge in [-0.1, -0.05) is 41.9 Å². The van der Waals surface area contributed by atoms with Crippen LogP contribution in [0.15, 0.2) is 42.5 Å². The van der Waals surface area contributed by atoms with Crippen molar-refractivity contribution < 1.29 is 22.8 Å². The van der Waals surface area contributed by atoms with Gasteiger partial charge >= 0.3 is 6.18 Å². The molecule has 0 aliphatic carbocycles. The lowest BCUT2D eigenvalue weighted by atomic mass is 10.1. The first-order chi connectivity index (χ1) is 10.3. The summed E-state index contributed by atoms with van der Waals surface area (Å²) in [6.07, 6.45) is -4.87. The molecule has 0 aliphatic rings. The molecule has 0 fully saturated rings. The number of rotatable bonds is 4. The van der Waals surface area contributed by atoms with Gasteiger partial charge in [0.1, 0.15) is 22.9 Å². The molecule has 0 radical (unpaired) electrons. The van der Waals surface area contributed by atoms with Crippen molar-refractivity contribution in [2.75, 3.05) is 0 Å². The number of nitro benzene ring substituents is 1. The summed E-state index contributed by atoms with van der Waals surface area (Å²) < 4.78 is 44.4. The number of nitrogens with zero attached hydrogens (tertiary/aromatic N) is 1. The normalized spacial score (nSPS) is 11.3. The van der Waals surface area contributed by atoms with E-state index in [2.05, 4.69) is 0 Å². The molecule has 0 bridgehead atoms. The molecule has 0 atom stereocenters. The molecular weight excluding hydrogens is 323 g/mol. The summed E-state index contributed by atoms with van der Waals surface area (Å²) in [4.78, 5) is 9.73. The van der Waals surface area contributed by atoms with Crippen LogP contribution in [0.1, 0.15) is 11.1 Å². The van der Waals surface area contributed by atoms with Crippen molar-refractivity contribution in [2.45, 2.75) is 12.8 Å². The first-order valence-corrected chi connectivity index (χ1v) is 6.39. The SMILES string of the molecule is O=[N+]([O-])c1ccc(OCc2ccccc2)c(C(F)(F)F)c1Cl. The number of hydrogen-bond donors (Lipinski definition) is 0. The highest BCUT2D eigenvalue weighted by molar-refractivity contribution is 6.33. The molecule has 0 heterocycles. The van der Waals surface area contributed by atoms with Crippen LogP contribution in [0.2, 0.25) is 5.02 Å². The Kier molecular flexibility index (Phi) is 4.56. The van der Waals surface area contributed by atoms with Crippen LogP contribution in [0, 0.1) is 10.1 Å². The van der Waals surface area contributed by atoms with Crippen LogP contribution in [0.25, 0.3) is 0 Å². The Bertz CT molecular complexity index is 690. The second-order valence-electron chi connectivity index (χ2n) is 4.30. The topological polar surface area (TPSA) is 52.4 Å². The summed E-state index contributed by atoms with van der Waals surface area (Å²) >= 11 is 5.53. The maximum absolute atomic E-state index is 13.1. The summed E-state index contributed by atoms with van der Waals surface area (Å²) in [6.45, 7) is -0.113. The predicted octanol–water partition coefficient (Wildman–Crippen LogP) is 4.85. The van der Waals surface area contributed by atoms with Gasteiger partial charge in [0.2, 0.25) is 0 Å². The van der Waals surface area contributed by atoms with Crippen LogP contribution in [0.4, 0.5) is 18.9 Å². The summed E-state index contributed by atoms with van der Waals surface area (Å²) in [5.74, 6) is -0.549. The minimum Gasteiger partial charge on any atom is -0.488 e. The van der Waals surface area contributed by atoms with E-state index < -0.39 is 33.1 Å². The minimum absolute atomic E-state index is 0.113. The average Bonchev–Trinajstić information content (AvgIpc) is 2.44. The zero-order valence-electron chi connectivity index (χ0n) is 10.9. The fourth-order valence-electron chi connectivity index (χ4n) is 1.81. The van der Waals surface area contributed by atoms with Gasteiger partial charge in [0, 0.05) is 6.07 Å². The van der Waals surface area contributed by atoms with E-state index in [1.807, 2.05) is 0 Å². The third-order valence-corrected chi connectivity index (χ3v) is 3.18. The molecular formula is C14H9ClF3NO3. The van der Waals surface area contributed by atoms with Gasteiger partial charge < -0.3 is 4.74 Å². The number of alkyl halides is 3. The van der Waals surface area contributed by atoms with Crippen molar-refractivity contribution in [1.29, 1.82) is 0 Å². The quantitative estimate of drug-likeness (QED) is 0.594. The number of halogens is 4. The molecule has 0 unspecified atom stereocenters. The molecule has 0 saturated carbocycles. The third kappa shape index (κ3) is 3.48. The van der Waals surface area contributed by atoms with Crippen LogP contribution < -0.4 is 4.74 Å². The molecule has 2 aromatic carbocycles. The van der Waals surface area contributed by atoms with Gasteiger partial charge in [-0.25, -0.2) is 0 Å². The van der Waals surface area contributed by atoms with Crippen LogP contribution in [-0.4, -0.2) is 4.92 Å². The molecule has 8 heteroatoms. The third-order valence-electron chi connectivity index (χ3n) is 2.80. The van der Waals surface area contributed by atoms with Gasteiger partial charge in [0.05, 0.1) is 4.92 Å². The van der Waals surface area contributed by atoms with E-state index in [0.717, 1.165) is 12.1 Å². The lowest BCUT2D eigenvalue weighted by molar-refractivity contribution is -0.385. The Morgan fingerprint density at radius 2 is 1.77 bits per heavy atom. The Morgan fingerprint density at radius 3 is 2.32 bits per heavy atom. The highest BCUT2D eigenvalue weighted by Crippen LogP contribution is 2.45. The maximum Gasteiger partial charge on any atom is 0.421 e. The number of nitro groups is 1. The zero-order chi connectivity index (χ0) is 16.3. The molecule has 4 nitrogen and oxygen atoms in total. The van der Waals surface area contributed by atoms with E-state index in [-0.39, 0.29) is 6.61 Å². The largest absolute Gasteiger partial charge is 0.488 e. The lowest BCUT2D eigenvalue weighted by Gasteiger charge is -2.15. The van der Waals surface area contributed by atoms with Gasteiger partial charge in [-0.3, -0.25) is 10.1 Å². The van der Waals surface area contributed by atoms with Crippen LogP contribution in [0.3, 0.4) is 0 Å². The summed E-state index contributed by atoms with van der Waals surface area (Å²) in [6, 6.07) is 10.3. The first-order valence-electron chi connectivity index (χ1n) is 6.01. The van der Waals surface area contributed by atoms with Crippen molar-refractivity contribution in [3.63, 3.8) is 0 Å². The molecule has 22 heavy (non-hydrogen) atoms. The number of benzene rings is 2. The second kappa shape index (κ2) is 6.23. The molecule has 0 amide bonds. The fraction of sp³-hybridized carbons (Fsp3) is 0.143. The molecule has 0 spiro atoms. The minimum atomic E-state index is -4.87. The second-order valence-corrected chi connectivity index (χ2v) is 4.68. The highest BCUT2D eigenvalue weighted by Gasteiger charge is 2.40. The smallest absolute Gasteiger partial charge is 0.421 e. The van der Waals surface area contributed by atoms with Crippen molar-refractivity contribution in [1.82, 2.24) is 0 Å². The lowest BCUT2D eigenvalue weighted by Crippen LogP contribution is -2.11. The standard InChI is InChI=1S/C14H9ClF3NO3/c15-13-10(19(20)21)6-7-11(12(13)14(16,17)18)22-8-9-4-2-1-3-5-9/h1-7H,8H2. The van der Waals surface area contributed by atoms with Gasteiger partial charge in [-0.05, 0) is 11.6 Å². The first kappa shape index (κ1) is 16.1. The predicted molar refractivity (Wildman–Crippen MR) is 73.9 cm³/mol. The van der Waals surface area contributed by atoms with Crippen molar-refractivity contribution in [2.24, 2.45) is 0 Å². The van der Waals surface area contributed by atoms with E-state index in [9.17, 15) is 23.3 Å². The molecule has 2 aromatic rings. The average molecular weight is 332 g/mol. The van der Waals surface area contributed by atoms with E-state index >= 15 is 0 Å². The van der Waals surface area contributed by atoms with E-state index in [1.165, 1.54) is 0 Å². The Hall–Kier alpha value is -2.28. The zero-order valence-corrected chi connectivity index (χ0v) is 11.7. The number of ether oxygens (including phenoxy) is 1. The van der Waals surface area contributed by atoms with E-state index in [4.69, 9.17) is 16.3 Å². The highest BCUT2D eigenvalue weighted by atomic mass is 35.5. The Morgan fingerprint density at radius 1 is 1.14 bits per heavy atom. The molecule has 0 saturated heterocycles. The maximum atomic E-state index is 13.1. The molecule has 116 valence electrons. The summed E-state index contributed by atoms with van der Waals surface area (Å²) in [5, 5.41) is 9.72. The van der Waals surface area contributed by atoms with Crippen LogP contribution in [0.5, 0.6) is 5.75 Å². The van der Waals surface area contributed by atoms with Gasteiger partial charge in [-0.2, -0.15) is 13.2 Å². The van der Waals surface area contributed by atoms with Gasteiger partial charge in [0.15, 0.2) is 0 Å². The number of hydrogen-bond acceptors (Lipinski definition) is 3. The summed E-state index contributed by atoms with van der Waals surface area (Å²) in [5.41, 5.74) is -1.51. The van der Waals surface area contributed by atoms with Gasteiger partial charge in [-0.15, -0.1) is 0 Å². The van der Waals surface area contributed by atoms with Crippen molar-refractivity contribution >= 4 is 17.3 Å². The van der Waals surface area contributed by atoms with Gasteiger partial charge in [0.25, 0.3) is 5.69 Å². The Balaban J connectivity index is 2.39. The molecule has 2 rings (SSSR count). The molecule has 0 aliphatic heterocycles. The van der Waals surface area contributed by atoms with Crippen molar-refractivity contribution in [3.05, 3.63) is 68.7 Å². The molecule has 0 N–H and O–H groups in total. The van der Waals surface area contributed by atoms with Crippen LogP contribution >= 0.6 is 11.6 Å². The summed E-state index contributed by atoms with van der Waals surface area (Å²) in [7, 11) is 0. The van der Waals surface area contributed by atoms with E-state index in [0.29, 0.717) is 5.56 Å².